The number of carbonyl (C=O) groups excluding carboxylic acids is 1. The highest BCUT2D eigenvalue weighted by Gasteiger charge is 2.45. The van der Waals surface area contributed by atoms with Crippen LogP contribution in [0.15, 0.2) is 24.3 Å². The highest BCUT2D eigenvalue weighted by atomic mass is 35.5. The van der Waals surface area contributed by atoms with Crippen molar-refractivity contribution in [1.29, 1.82) is 0 Å². The second kappa shape index (κ2) is 5.50. The number of ketones is 1. The van der Waals surface area contributed by atoms with Gasteiger partial charge in [-0.2, -0.15) is 0 Å². The van der Waals surface area contributed by atoms with Crippen LogP contribution in [0.1, 0.15) is 18.4 Å². The predicted octanol–water partition coefficient (Wildman–Crippen LogP) is -1.09. The number of piperidine rings is 3. The first kappa shape index (κ1) is 14.9. The number of nitro groups is 1. The molecule has 0 unspecified atom stereocenters. The number of halogens is 1. The Kier molecular flexibility index (Phi) is 4.11. The quantitative estimate of drug-likeness (QED) is 0.404. The number of hydrogen-bond acceptors (Lipinski definition) is 3. The summed E-state index contributed by atoms with van der Waals surface area (Å²) >= 11 is 0. The Morgan fingerprint density at radius 3 is 2.50 bits per heavy atom. The largest absolute Gasteiger partial charge is 1.00 e. The van der Waals surface area contributed by atoms with Crippen LogP contribution in [-0.4, -0.2) is 34.8 Å². The van der Waals surface area contributed by atoms with Crippen LogP contribution in [0.2, 0.25) is 0 Å². The third kappa shape index (κ3) is 2.55. The van der Waals surface area contributed by atoms with Crippen LogP contribution in [0.3, 0.4) is 0 Å². The number of nitrogens with zero attached hydrogens (tertiary/aromatic N) is 2. The van der Waals surface area contributed by atoms with E-state index in [1.807, 2.05) is 12.1 Å². The topological polar surface area (TPSA) is 60.2 Å². The van der Waals surface area contributed by atoms with E-state index in [-0.39, 0.29) is 28.9 Å². The van der Waals surface area contributed by atoms with Crippen molar-refractivity contribution in [1.82, 2.24) is 0 Å². The van der Waals surface area contributed by atoms with Crippen LogP contribution in [0.25, 0.3) is 0 Å². The number of Topliss-reactive ketones (excluding diaryl/α,β-unsaturated/α-hetero) is 1. The van der Waals surface area contributed by atoms with Crippen molar-refractivity contribution in [3.8, 4) is 0 Å². The fourth-order valence-electron chi connectivity index (χ4n) is 3.45. The number of benzene rings is 1. The molecule has 4 rings (SSSR count). The standard InChI is InChI=1S/C14H17N2O3.ClH/c17-14-10-16(7-5-11(14)6-8-16)9-12-3-1-2-4-13(12)15(18)19;/h1-4,11H,5-10H2;1H/q+1;/p-1. The summed E-state index contributed by atoms with van der Waals surface area (Å²) in [7, 11) is 0. The van der Waals surface area contributed by atoms with Crippen molar-refractivity contribution in [2.45, 2.75) is 19.4 Å². The number of para-hydroxylation sites is 1. The Morgan fingerprint density at radius 2 is 1.90 bits per heavy atom. The van der Waals surface area contributed by atoms with E-state index in [0.29, 0.717) is 23.4 Å². The third-order valence-corrected chi connectivity index (χ3v) is 4.54. The molecule has 3 saturated heterocycles. The van der Waals surface area contributed by atoms with Crippen LogP contribution < -0.4 is 12.4 Å². The Bertz CT molecular complexity index is 539. The van der Waals surface area contributed by atoms with Gasteiger partial charge in [0.25, 0.3) is 5.69 Å². The van der Waals surface area contributed by atoms with Crippen LogP contribution in [0, 0.1) is 16.0 Å². The van der Waals surface area contributed by atoms with Gasteiger partial charge in [0, 0.05) is 24.8 Å². The van der Waals surface area contributed by atoms with E-state index < -0.39 is 0 Å². The molecule has 0 aliphatic carbocycles. The first-order valence-corrected chi connectivity index (χ1v) is 6.70. The highest BCUT2D eigenvalue weighted by Crippen LogP contribution is 2.34. The molecule has 2 bridgehead atoms. The number of nitro benzene ring substituents is 1. The molecule has 1 aromatic rings. The molecule has 0 radical (unpaired) electrons. The predicted molar refractivity (Wildman–Crippen MR) is 69.4 cm³/mol. The number of hydrogen-bond donors (Lipinski definition) is 0. The number of quaternary nitrogens is 1. The number of rotatable bonds is 3. The molecule has 0 aromatic heterocycles. The van der Waals surface area contributed by atoms with Gasteiger partial charge in [-0.05, 0) is 6.07 Å². The Hall–Kier alpha value is -1.46. The zero-order valence-electron chi connectivity index (χ0n) is 11.1. The van der Waals surface area contributed by atoms with Gasteiger partial charge in [0.15, 0.2) is 5.78 Å². The lowest BCUT2D eigenvalue weighted by Gasteiger charge is -2.47. The summed E-state index contributed by atoms with van der Waals surface area (Å²) in [5.41, 5.74) is 0.927. The van der Waals surface area contributed by atoms with Gasteiger partial charge in [0.1, 0.15) is 13.1 Å². The second-order valence-electron chi connectivity index (χ2n) is 5.73. The molecule has 0 atom stereocenters. The van der Waals surface area contributed by atoms with E-state index in [4.69, 9.17) is 0 Å². The lowest BCUT2D eigenvalue weighted by molar-refractivity contribution is -0.943. The SMILES string of the molecule is O=C1C[N+]2(Cc3ccccc3[N+](=O)[O-])CCC1CC2.[Cl-]. The maximum absolute atomic E-state index is 11.9. The van der Waals surface area contributed by atoms with Crippen molar-refractivity contribution >= 4 is 11.5 Å². The molecule has 3 aliphatic rings. The average Bonchev–Trinajstić information content (AvgIpc) is 2.39. The molecule has 6 heteroatoms. The van der Waals surface area contributed by atoms with E-state index >= 15 is 0 Å². The normalized spacial score (nSPS) is 28.0. The lowest BCUT2D eigenvalue weighted by Crippen LogP contribution is -3.00. The molecule has 5 nitrogen and oxygen atoms in total. The Morgan fingerprint density at radius 1 is 1.25 bits per heavy atom. The van der Waals surface area contributed by atoms with Gasteiger partial charge in [0.2, 0.25) is 0 Å². The molecular formula is C14H17ClN2O3. The zero-order chi connectivity index (χ0) is 13.5. The summed E-state index contributed by atoms with van der Waals surface area (Å²) in [5.74, 6) is 0.599. The Balaban J connectivity index is 0.00000147. The average molecular weight is 297 g/mol. The highest BCUT2D eigenvalue weighted by molar-refractivity contribution is 5.83. The molecule has 0 spiro atoms. The molecule has 1 aromatic carbocycles. The monoisotopic (exact) mass is 296 g/mol. The second-order valence-corrected chi connectivity index (χ2v) is 5.73. The van der Waals surface area contributed by atoms with Gasteiger partial charge < -0.3 is 16.9 Å². The number of carbonyl (C=O) groups is 1. The van der Waals surface area contributed by atoms with Gasteiger partial charge in [-0.1, -0.05) is 12.1 Å². The molecular weight excluding hydrogens is 280 g/mol. The molecule has 3 fully saturated rings. The van der Waals surface area contributed by atoms with Crippen molar-refractivity contribution in [3.05, 3.63) is 39.9 Å². The summed E-state index contributed by atoms with van der Waals surface area (Å²) in [4.78, 5) is 22.7. The third-order valence-electron chi connectivity index (χ3n) is 4.54. The van der Waals surface area contributed by atoms with Crippen molar-refractivity contribution in [2.24, 2.45) is 5.92 Å². The maximum atomic E-state index is 11.9. The van der Waals surface area contributed by atoms with Crippen LogP contribution in [-0.2, 0) is 11.3 Å². The molecule has 0 saturated carbocycles. The van der Waals surface area contributed by atoms with Crippen LogP contribution in [0.4, 0.5) is 5.69 Å². The number of fused-ring (bicyclic) bond motifs is 3. The van der Waals surface area contributed by atoms with E-state index in [1.54, 1.807) is 12.1 Å². The van der Waals surface area contributed by atoms with Gasteiger partial charge >= 0.3 is 0 Å². The fourth-order valence-corrected chi connectivity index (χ4v) is 3.45. The lowest BCUT2D eigenvalue weighted by atomic mass is 9.84. The zero-order valence-corrected chi connectivity index (χ0v) is 11.9. The minimum atomic E-state index is -0.327. The smallest absolute Gasteiger partial charge is 0.278 e. The summed E-state index contributed by atoms with van der Waals surface area (Å²) in [6, 6.07) is 6.89. The minimum Gasteiger partial charge on any atom is -1.00 e. The summed E-state index contributed by atoms with van der Waals surface area (Å²) in [5, 5.41) is 11.1. The van der Waals surface area contributed by atoms with Gasteiger partial charge in [-0.15, -0.1) is 0 Å². The Labute approximate surface area is 123 Å². The van der Waals surface area contributed by atoms with Crippen molar-refractivity contribution in [3.63, 3.8) is 0 Å². The van der Waals surface area contributed by atoms with E-state index in [9.17, 15) is 14.9 Å². The molecule has 3 aliphatic heterocycles. The van der Waals surface area contributed by atoms with Crippen molar-refractivity contribution in [2.75, 3.05) is 19.6 Å². The van der Waals surface area contributed by atoms with E-state index in [0.717, 1.165) is 31.5 Å². The van der Waals surface area contributed by atoms with E-state index in [2.05, 4.69) is 0 Å². The minimum absolute atomic E-state index is 0. The first-order chi connectivity index (χ1) is 9.10. The maximum Gasteiger partial charge on any atom is 0.278 e. The molecule has 3 heterocycles. The van der Waals surface area contributed by atoms with Gasteiger partial charge in [0.05, 0.1) is 23.6 Å². The summed E-state index contributed by atoms with van der Waals surface area (Å²) in [6.07, 6.45) is 1.89. The van der Waals surface area contributed by atoms with Crippen molar-refractivity contribution < 1.29 is 26.6 Å². The first-order valence-electron chi connectivity index (χ1n) is 6.70. The van der Waals surface area contributed by atoms with Crippen LogP contribution in [0.5, 0.6) is 0 Å². The summed E-state index contributed by atoms with van der Waals surface area (Å²) < 4.78 is 0.709. The fraction of sp³-hybridized carbons (Fsp3) is 0.500. The van der Waals surface area contributed by atoms with E-state index in [1.165, 1.54) is 0 Å². The molecule has 20 heavy (non-hydrogen) atoms. The molecule has 0 amide bonds. The van der Waals surface area contributed by atoms with Gasteiger partial charge in [-0.3, -0.25) is 14.9 Å². The molecule has 108 valence electrons. The summed E-state index contributed by atoms with van der Waals surface area (Å²) in [6.45, 7) is 3.11. The molecule has 0 N–H and O–H groups in total. The van der Waals surface area contributed by atoms with Crippen LogP contribution >= 0.6 is 0 Å². The van der Waals surface area contributed by atoms with Gasteiger partial charge in [-0.25, -0.2) is 0 Å².